The number of rotatable bonds is 7. The smallest absolute Gasteiger partial charge is 0.294 e. The number of anilines is 1. The lowest BCUT2D eigenvalue weighted by molar-refractivity contribution is -0.136. The first-order valence-electron chi connectivity index (χ1n) is 12.3. The molecule has 0 aromatic heterocycles. The minimum Gasteiger partial charge on any atom is -0.489 e. The van der Waals surface area contributed by atoms with Gasteiger partial charge >= 0.3 is 0 Å². The normalized spacial score (nSPS) is 16.9. The Balaban J connectivity index is 1.14. The molecule has 3 aromatic carbocycles. The van der Waals surface area contributed by atoms with Gasteiger partial charge in [0.1, 0.15) is 18.9 Å². The molecule has 2 heterocycles. The molecule has 0 saturated carbocycles. The second-order valence-corrected chi connectivity index (χ2v) is 11.2. The first-order valence-corrected chi connectivity index (χ1v) is 14.2. The van der Waals surface area contributed by atoms with Crippen LogP contribution >= 0.6 is 34.4 Å². The Kier molecular flexibility index (Phi) is 8.33. The zero-order valence-corrected chi connectivity index (χ0v) is 23.6. The number of carbonyl (C=O) groups excluding carboxylic acids is 3. The Bertz CT molecular complexity index is 1340. The fourth-order valence-corrected chi connectivity index (χ4v) is 5.48. The lowest BCUT2D eigenvalue weighted by Gasteiger charge is -2.36. The van der Waals surface area contributed by atoms with E-state index in [1.165, 1.54) is 3.57 Å². The Labute approximate surface area is 239 Å². The molecule has 2 fully saturated rings. The van der Waals surface area contributed by atoms with Gasteiger partial charge in [0.15, 0.2) is 0 Å². The summed E-state index contributed by atoms with van der Waals surface area (Å²) in [5, 5.41) is -0.421. The maximum absolute atomic E-state index is 12.9. The fourth-order valence-electron chi connectivity index (χ4n) is 4.28. The van der Waals surface area contributed by atoms with Crippen molar-refractivity contribution in [2.75, 3.05) is 37.6 Å². The molecule has 0 atom stereocenters. The number of benzene rings is 3. The molecule has 9 heteroatoms. The largest absolute Gasteiger partial charge is 0.489 e. The van der Waals surface area contributed by atoms with Crippen LogP contribution in [-0.2, 0) is 16.2 Å². The zero-order valence-electron chi connectivity index (χ0n) is 20.6. The number of ether oxygens (including phenoxy) is 1. The third-order valence-corrected chi connectivity index (χ3v) is 8.04. The minimum atomic E-state index is -0.435. The molecule has 0 aliphatic carbocycles. The molecule has 3 aromatic rings. The van der Waals surface area contributed by atoms with E-state index in [2.05, 4.69) is 39.6 Å². The van der Waals surface area contributed by atoms with Crippen molar-refractivity contribution in [1.82, 2.24) is 9.80 Å². The Morgan fingerprint density at radius 1 is 0.895 bits per heavy atom. The van der Waals surface area contributed by atoms with Gasteiger partial charge in [-0.25, -0.2) is 0 Å². The van der Waals surface area contributed by atoms with Gasteiger partial charge in [-0.15, -0.1) is 0 Å². The van der Waals surface area contributed by atoms with Gasteiger partial charge in [-0.3, -0.25) is 19.3 Å². The van der Waals surface area contributed by atoms with Crippen molar-refractivity contribution >= 4 is 63.2 Å². The van der Waals surface area contributed by atoms with Crippen molar-refractivity contribution in [2.45, 2.75) is 6.61 Å². The van der Waals surface area contributed by atoms with E-state index in [0.29, 0.717) is 43.4 Å². The zero-order chi connectivity index (χ0) is 26.5. The fraction of sp³-hybridized carbons (Fsp3) is 0.207. The molecule has 2 saturated heterocycles. The van der Waals surface area contributed by atoms with Crippen LogP contribution in [0.5, 0.6) is 5.75 Å². The number of nitrogens with zero attached hydrogens (tertiary/aromatic N) is 3. The number of hydrogen-bond acceptors (Lipinski definition) is 6. The molecule has 194 valence electrons. The lowest BCUT2D eigenvalue weighted by Crippen LogP contribution is -2.51. The van der Waals surface area contributed by atoms with Gasteiger partial charge in [0.2, 0.25) is 5.91 Å². The predicted molar refractivity (Wildman–Crippen MR) is 158 cm³/mol. The number of carbonyl (C=O) groups is 3. The average Bonchev–Trinajstić information content (AvgIpc) is 3.21. The number of thioether (sulfide) groups is 1. The molecule has 2 aliphatic rings. The highest BCUT2D eigenvalue weighted by molar-refractivity contribution is 14.1. The van der Waals surface area contributed by atoms with Crippen LogP contribution in [0.1, 0.15) is 11.1 Å². The highest BCUT2D eigenvalue weighted by Crippen LogP contribution is 2.32. The summed E-state index contributed by atoms with van der Waals surface area (Å²) in [7, 11) is 0. The Morgan fingerprint density at radius 2 is 1.58 bits per heavy atom. The predicted octanol–water partition coefficient (Wildman–Crippen LogP) is 5.26. The van der Waals surface area contributed by atoms with Crippen LogP contribution in [0, 0.1) is 3.57 Å². The molecule has 0 N–H and O–H groups in total. The van der Waals surface area contributed by atoms with E-state index in [4.69, 9.17) is 4.74 Å². The number of imide groups is 1. The van der Waals surface area contributed by atoms with Crippen molar-refractivity contribution in [3.05, 3.63) is 98.5 Å². The lowest BCUT2D eigenvalue weighted by atomic mass is 10.2. The molecular formula is C29H26IN3O4S. The van der Waals surface area contributed by atoms with Crippen molar-refractivity contribution in [2.24, 2.45) is 0 Å². The number of halogens is 1. The van der Waals surface area contributed by atoms with Crippen LogP contribution in [0.2, 0.25) is 0 Å². The van der Waals surface area contributed by atoms with Gasteiger partial charge in [-0.2, -0.15) is 0 Å². The summed E-state index contributed by atoms with van der Waals surface area (Å²) in [4.78, 5) is 43.7. The molecule has 0 radical (unpaired) electrons. The quantitative estimate of drug-likeness (QED) is 0.260. The van der Waals surface area contributed by atoms with Gasteiger partial charge in [-0.05, 0) is 88.0 Å². The molecule has 0 spiro atoms. The van der Waals surface area contributed by atoms with Crippen LogP contribution < -0.4 is 9.64 Å². The molecule has 5 rings (SSSR count). The summed E-state index contributed by atoms with van der Waals surface area (Å²) in [6, 6.07) is 25.6. The second kappa shape index (κ2) is 12.0. The summed E-state index contributed by atoms with van der Waals surface area (Å²) in [6.07, 6.45) is 1.68. The third-order valence-electron chi connectivity index (χ3n) is 6.42. The van der Waals surface area contributed by atoms with Gasteiger partial charge < -0.3 is 14.5 Å². The molecule has 38 heavy (non-hydrogen) atoms. The van der Waals surface area contributed by atoms with E-state index in [9.17, 15) is 14.4 Å². The summed E-state index contributed by atoms with van der Waals surface area (Å²) in [5.41, 5.74) is 2.98. The van der Waals surface area contributed by atoms with Gasteiger partial charge in [0, 0.05) is 35.4 Å². The monoisotopic (exact) mass is 639 g/mol. The molecule has 0 bridgehead atoms. The van der Waals surface area contributed by atoms with E-state index in [1.54, 1.807) is 11.0 Å². The summed E-state index contributed by atoms with van der Waals surface area (Å²) in [6.45, 7) is 2.75. The number of amides is 3. The van der Waals surface area contributed by atoms with Crippen molar-refractivity contribution in [1.29, 1.82) is 0 Å². The summed E-state index contributed by atoms with van der Waals surface area (Å²) in [5.74, 6) is 0.0676. The third kappa shape index (κ3) is 6.39. The van der Waals surface area contributed by atoms with E-state index >= 15 is 0 Å². The molecular weight excluding hydrogens is 613 g/mol. The summed E-state index contributed by atoms with van der Waals surface area (Å²) >= 11 is 3.13. The van der Waals surface area contributed by atoms with E-state index in [1.807, 2.05) is 66.7 Å². The van der Waals surface area contributed by atoms with Crippen molar-refractivity contribution in [3.63, 3.8) is 0 Å². The SMILES string of the molecule is O=C(CN1C(=O)S/C(=C/c2ccc(OCc3ccc(I)cc3)cc2)C1=O)N1CCN(c2ccccc2)CC1. The Hall–Kier alpha value is -3.31. The van der Waals surface area contributed by atoms with Crippen molar-refractivity contribution in [3.8, 4) is 5.75 Å². The average molecular weight is 640 g/mol. The topological polar surface area (TPSA) is 70.2 Å². The van der Waals surface area contributed by atoms with Crippen LogP contribution in [0.15, 0.2) is 83.8 Å². The molecule has 2 aliphatic heterocycles. The van der Waals surface area contributed by atoms with Crippen molar-refractivity contribution < 1.29 is 19.1 Å². The first kappa shape index (κ1) is 26.3. The second-order valence-electron chi connectivity index (χ2n) is 8.96. The number of piperazine rings is 1. The number of hydrogen-bond donors (Lipinski definition) is 0. The maximum Gasteiger partial charge on any atom is 0.294 e. The highest BCUT2D eigenvalue weighted by Gasteiger charge is 2.37. The van der Waals surface area contributed by atoms with E-state index < -0.39 is 11.1 Å². The molecule has 0 unspecified atom stereocenters. The van der Waals surface area contributed by atoms with E-state index in [-0.39, 0.29) is 12.5 Å². The van der Waals surface area contributed by atoms with E-state index in [0.717, 1.165) is 33.5 Å². The standard InChI is InChI=1S/C29H26IN3O4S/c30-23-10-6-22(7-11-23)20-37-25-12-8-21(9-13-25)18-26-28(35)33(29(36)38-26)19-27(34)32-16-14-31(15-17-32)24-4-2-1-3-5-24/h1-13,18H,14-17,19-20H2/b26-18+. The van der Waals surface area contributed by atoms with Crippen LogP contribution in [0.4, 0.5) is 10.5 Å². The molecule has 7 nitrogen and oxygen atoms in total. The Morgan fingerprint density at radius 3 is 2.26 bits per heavy atom. The van der Waals surface area contributed by atoms with Gasteiger partial charge in [0.05, 0.1) is 4.91 Å². The summed E-state index contributed by atoms with van der Waals surface area (Å²) < 4.78 is 7.01. The highest BCUT2D eigenvalue weighted by atomic mass is 127. The van der Waals surface area contributed by atoms with Gasteiger partial charge in [-0.1, -0.05) is 42.5 Å². The maximum atomic E-state index is 12.9. The first-order chi connectivity index (χ1) is 18.5. The van der Waals surface area contributed by atoms with Gasteiger partial charge in [0.25, 0.3) is 11.1 Å². The number of para-hydroxylation sites is 1. The van der Waals surface area contributed by atoms with Crippen LogP contribution in [0.3, 0.4) is 0 Å². The minimum absolute atomic E-state index is 0.212. The molecule has 3 amide bonds. The van der Waals surface area contributed by atoms with Crippen LogP contribution in [0.25, 0.3) is 6.08 Å². The van der Waals surface area contributed by atoms with Crippen LogP contribution in [-0.4, -0.2) is 59.6 Å².